The molecule has 1 aliphatic carbocycles. The van der Waals surface area contributed by atoms with Gasteiger partial charge in [0.15, 0.2) is 0 Å². The Bertz CT molecular complexity index is 403. The predicted octanol–water partition coefficient (Wildman–Crippen LogP) is 1.74. The van der Waals surface area contributed by atoms with Crippen LogP contribution in [0, 0.1) is 0 Å². The van der Waals surface area contributed by atoms with Crippen LogP contribution in [0.5, 0.6) is 0 Å². The number of hydrogen-bond donors (Lipinski definition) is 1. The molecule has 1 N–H and O–H groups in total. The van der Waals surface area contributed by atoms with E-state index in [0.717, 1.165) is 44.4 Å². The molecule has 2 fully saturated rings. The van der Waals surface area contributed by atoms with Crippen molar-refractivity contribution in [1.82, 2.24) is 20.4 Å². The summed E-state index contributed by atoms with van der Waals surface area (Å²) < 4.78 is 5.69. The van der Waals surface area contributed by atoms with E-state index < -0.39 is 0 Å². The van der Waals surface area contributed by atoms with Gasteiger partial charge in [0.2, 0.25) is 11.8 Å². The molecule has 0 radical (unpaired) electrons. The SMILES string of the molecule is CCc1nnc(CN2CCNCC23CCCCC3)o1. The van der Waals surface area contributed by atoms with E-state index in [2.05, 4.69) is 20.4 Å². The summed E-state index contributed by atoms with van der Waals surface area (Å²) in [5, 5.41) is 11.8. The molecule has 106 valence electrons. The number of aryl methyl sites for hydroxylation is 1. The molecule has 0 aromatic carbocycles. The number of hydrogen-bond acceptors (Lipinski definition) is 5. The van der Waals surface area contributed by atoms with E-state index in [0.29, 0.717) is 5.54 Å². The van der Waals surface area contributed by atoms with Crippen LogP contribution in [0.4, 0.5) is 0 Å². The molecule has 0 amide bonds. The van der Waals surface area contributed by atoms with Crippen molar-refractivity contribution in [3.63, 3.8) is 0 Å². The first kappa shape index (κ1) is 13.1. The van der Waals surface area contributed by atoms with E-state index in [1.807, 2.05) is 6.92 Å². The zero-order chi connectivity index (χ0) is 13.1. The summed E-state index contributed by atoms with van der Waals surface area (Å²) in [7, 11) is 0. The van der Waals surface area contributed by atoms with Crippen LogP contribution < -0.4 is 5.32 Å². The zero-order valence-corrected chi connectivity index (χ0v) is 11.8. The van der Waals surface area contributed by atoms with E-state index in [4.69, 9.17) is 4.42 Å². The Labute approximate surface area is 114 Å². The monoisotopic (exact) mass is 264 g/mol. The van der Waals surface area contributed by atoms with Gasteiger partial charge in [0, 0.05) is 31.6 Å². The third-order valence-corrected chi connectivity index (χ3v) is 4.60. The number of piperazine rings is 1. The maximum absolute atomic E-state index is 5.69. The predicted molar refractivity (Wildman–Crippen MR) is 72.8 cm³/mol. The van der Waals surface area contributed by atoms with Crippen LogP contribution >= 0.6 is 0 Å². The van der Waals surface area contributed by atoms with Crippen LogP contribution in [-0.4, -0.2) is 40.3 Å². The van der Waals surface area contributed by atoms with Crippen molar-refractivity contribution in [3.05, 3.63) is 11.8 Å². The molecular weight excluding hydrogens is 240 g/mol. The number of rotatable bonds is 3. The zero-order valence-electron chi connectivity index (χ0n) is 11.8. The molecule has 19 heavy (non-hydrogen) atoms. The normalized spacial score (nSPS) is 23.8. The lowest BCUT2D eigenvalue weighted by molar-refractivity contribution is 0.0145. The molecule has 1 aromatic rings. The molecule has 1 aromatic heterocycles. The first-order chi connectivity index (χ1) is 9.32. The molecule has 0 atom stereocenters. The summed E-state index contributed by atoms with van der Waals surface area (Å²) in [4.78, 5) is 2.58. The molecule has 5 heteroatoms. The van der Waals surface area contributed by atoms with Gasteiger partial charge in [-0.1, -0.05) is 26.2 Å². The summed E-state index contributed by atoms with van der Waals surface area (Å²) in [6, 6.07) is 0. The summed E-state index contributed by atoms with van der Waals surface area (Å²) >= 11 is 0. The van der Waals surface area contributed by atoms with Crippen LogP contribution in [0.25, 0.3) is 0 Å². The minimum Gasteiger partial charge on any atom is -0.424 e. The highest BCUT2D eigenvalue weighted by atomic mass is 16.4. The summed E-state index contributed by atoms with van der Waals surface area (Å²) in [6.45, 7) is 6.13. The van der Waals surface area contributed by atoms with E-state index in [-0.39, 0.29) is 0 Å². The van der Waals surface area contributed by atoms with Crippen molar-refractivity contribution in [3.8, 4) is 0 Å². The van der Waals surface area contributed by atoms with E-state index >= 15 is 0 Å². The van der Waals surface area contributed by atoms with Gasteiger partial charge in [-0.25, -0.2) is 0 Å². The smallest absolute Gasteiger partial charge is 0.230 e. The highest BCUT2D eigenvalue weighted by Gasteiger charge is 2.40. The molecule has 2 heterocycles. The molecule has 1 spiro atoms. The average Bonchev–Trinajstić information content (AvgIpc) is 2.90. The van der Waals surface area contributed by atoms with Crippen LogP contribution in [0.1, 0.15) is 50.8 Å². The van der Waals surface area contributed by atoms with Gasteiger partial charge in [-0.2, -0.15) is 0 Å². The van der Waals surface area contributed by atoms with Gasteiger partial charge >= 0.3 is 0 Å². The van der Waals surface area contributed by atoms with Gasteiger partial charge in [0.1, 0.15) is 0 Å². The van der Waals surface area contributed by atoms with Gasteiger partial charge < -0.3 is 9.73 Å². The average molecular weight is 264 g/mol. The maximum atomic E-state index is 5.69. The lowest BCUT2D eigenvalue weighted by atomic mass is 9.79. The molecule has 1 saturated heterocycles. The van der Waals surface area contributed by atoms with Crippen molar-refractivity contribution in [2.24, 2.45) is 0 Å². The standard InChI is InChI=1S/C14H24N4O/c1-2-12-16-17-13(19-12)10-18-9-8-15-11-14(18)6-4-3-5-7-14/h15H,2-11H2,1H3. The summed E-state index contributed by atoms with van der Waals surface area (Å²) in [6.07, 6.45) is 7.50. The summed E-state index contributed by atoms with van der Waals surface area (Å²) in [5.74, 6) is 1.53. The quantitative estimate of drug-likeness (QED) is 0.901. The number of nitrogens with one attached hydrogen (secondary N) is 1. The molecule has 0 unspecified atom stereocenters. The largest absolute Gasteiger partial charge is 0.424 e. The van der Waals surface area contributed by atoms with Crippen LogP contribution in [0.3, 0.4) is 0 Å². The Balaban J connectivity index is 1.73. The molecule has 1 aliphatic heterocycles. The van der Waals surface area contributed by atoms with Crippen LogP contribution in [0.2, 0.25) is 0 Å². The fourth-order valence-corrected chi connectivity index (χ4v) is 3.49. The minimum absolute atomic E-state index is 0.331. The highest BCUT2D eigenvalue weighted by Crippen LogP contribution is 2.35. The van der Waals surface area contributed by atoms with Crippen molar-refractivity contribution < 1.29 is 4.42 Å². The number of nitrogens with zero attached hydrogens (tertiary/aromatic N) is 3. The Morgan fingerprint density at radius 1 is 1.21 bits per heavy atom. The Hall–Kier alpha value is -0.940. The summed E-state index contributed by atoms with van der Waals surface area (Å²) in [5.41, 5.74) is 0.331. The first-order valence-electron chi connectivity index (χ1n) is 7.59. The second kappa shape index (κ2) is 5.59. The Morgan fingerprint density at radius 3 is 2.74 bits per heavy atom. The van der Waals surface area contributed by atoms with Crippen molar-refractivity contribution in [1.29, 1.82) is 0 Å². The highest BCUT2D eigenvalue weighted by molar-refractivity contribution is 4.99. The molecule has 2 aliphatic rings. The number of aromatic nitrogens is 2. The van der Waals surface area contributed by atoms with Gasteiger partial charge in [-0.15, -0.1) is 10.2 Å². The first-order valence-corrected chi connectivity index (χ1v) is 7.59. The Morgan fingerprint density at radius 2 is 2.00 bits per heavy atom. The van der Waals surface area contributed by atoms with Gasteiger partial charge in [0.25, 0.3) is 0 Å². The van der Waals surface area contributed by atoms with Gasteiger partial charge in [-0.05, 0) is 12.8 Å². The van der Waals surface area contributed by atoms with Crippen molar-refractivity contribution in [2.75, 3.05) is 19.6 Å². The lowest BCUT2D eigenvalue weighted by Gasteiger charge is -2.49. The van der Waals surface area contributed by atoms with E-state index in [1.165, 1.54) is 32.1 Å². The van der Waals surface area contributed by atoms with E-state index in [9.17, 15) is 0 Å². The lowest BCUT2D eigenvalue weighted by Crippen LogP contribution is -2.61. The van der Waals surface area contributed by atoms with Gasteiger partial charge in [0.05, 0.1) is 6.54 Å². The molecule has 5 nitrogen and oxygen atoms in total. The van der Waals surface area contributed by atoms with E-state index in [1.54, 1.807) is 0 Å². The van der Waals surface area contributed by atoms with Crippen molar-refractivity contribution >= 4 is 0 Å². The third kappa shape index (κ3) is 2.67. The molecule has 1 saturated carbocycles. The van der Waals surface area contributed by atoms with Crippen molar-refractivity contribution in [2.45, 2.75) is 57.5 Å². The molecule has 0 bridgehead atoms. The van der Waals surface area contributed by atoms with Gasteiger partial charge in [-0.3, -0.25) is 4.90 Å². The van der Waals surface area contributed by atoms with Crippen LogP contribution in [0.15, 0.2) is 4.42 Å². The minimum atomic E-state index is 0.331. The molecular formula is C14H24N4O. The third-order valence-electron chi connectivity index (χ3n) is 4.60. The second-order valence-corrected chi connectivity index (χ2v) is 5.83. The topological polar surface area (TPSA) is 54.2 Å². The fraction of sp³-hybridized carbons (Fsp3) is 0.857. The second-order valence-electron chi connectivity index (χ2n) is 5.83. The Kier molecular flexibility index (Phi) is 3.84. The maximum Gasteiger partial charge on any atom is 0.230 e. The van der Waals surface area contributed by atoms with Crippen LogP contribution in [-0.2, 0) is 13.0 Å². The fourth-order valence-electron chi connectivity index (χ4n) is 3.49. The molecule has 3 rings (SSSR count).